The van der Waals surface area contributed by atoms with Crippen molar-refractivity contribution in [3.63, 3.8) is 0 Å². The van der Waals surface area contributed by atoms with Crippen LogP contribution in [0.1, 0.15) is 5.56 Å². The first kappa shape index (κ1) is 13.6. The zero-order valence-electron chi connectivity index (χ0n) is 11.9. The molecule has 1 aliphatic heterocycles. The lowest BCUT2D eigenvalue weighted by Gasteiger charge is -2.40. The van der Waals surface area contributed by atoms with Crippen LogP contribution >= 0.6 is 11.3 Å². The Balaban J connectivity index is 1.36. The molecule has 0 unspecified atom stereocenters. The fraction of sp³-hybridized carbons (Fsp3) is 0.250. The van der Waals surface area contributed by atoms with Gasteiger partial charge in [-0.3, -0.25) is 0 Å². The van der Waals surface area contributed by atoms with Crippen molar-refractivity contribution < 1.29 is 4.39 Å². The Morgan fingerprint density at radius 2 is 2.00 bits per heavy atom. The predicted octanol–water partition coefficient (Wildman–Crippen LogP) is 2.81. The van der Waals surface area contributed by atoms with E-state index in [0.717, 1.165) is 41.2 Å². The lowest BCUT2D eigenvalue weighted by molar-refractivity contribution is 0.417. The van der Waals surface area contributed by atoms with Crippen LogP contribution in [0.15, 0.2) is 42.0 Å². The minimum Gasteiger partial charge on any atom is -0.352 e. The summed E-state index contributed by atoms with van der Waals surface area (Å²) in [4.78, 5) is 11.0. The zero-order valence-corrected chi connectivity index (χ0v) is 12.7. The molecule has 1 aliphatic rings. The Hall–Kier alpha value is -2.05. The molecule has 1 saturated heterocycles. The number of fused-ring (bicyclic) bond motifs is 1. The molecule has 6 heteroatoms. The molecule has 22 heavy (non-hydrogen) atoms. The number of halogens is 1. The molecule has 4 rings (SSSR count). The van der Waals surface area contributed by atoms with Gasteiger partial charge in [-0.05, 0) is 29.1 Å². The van der Waals surface area contributed by atoms with Crippen molar-refractivity contribution in [2.45, 2.75) is 12.6 Å². The van der Waals surface area contributed by atoms with Crippen molar-refractivity contribution >= 4 is 27.4 Å². The van der Waals surface area contributed by atoms with Crippen LogP contribution in [0.4, 0.5) is 10.2 Å². The zero-order chi connectivity index (χ0) is 14.9. The second-order valence-electron chi connectivity index (χ2n) is 5.44. The van der Waals surface area contributed by atoms with Gasteiger partial charge in [0.1, 0.15) is 18.0 Å². The van der Waals surface area contributed by atoms with Gasteiger partial charge in [0, 0.05) is 25.7 Å². The molecule has 4 nitrogen and oxygen atoms in total. The molecular weight excluding hydrogens is 299 g/mol. The average Bonchev–Trinajstić information content (AvgIpc) is 2.96. The molecule has 0 aliphatic carbocycles. The van der Waals surface area contributed by atoms with Crippen molar-refractivity contribution in [3.05, 3.63) is 53.4 Å². The number of hydrogen-bond donors (Lipinski definition) is 1. The van der Waals surface area contributed by atoms with Crippen LogP contribution in [-0.2, 0) is 6.54 Å². The highest BCUT2D eigenvalue weighted by molar-refractivity contribution is 7.17. The first-order valence-electron chi connectivity index (χ1n) is 7.20. The van der Waals surface area contributed by atoms with Gasteiger partial charge in [-0.15, -0.1) is 11.3 Å². The van der Waals surface area contributed by atoms with Crippen LogP contribution < -0.4 is 10.2 Å². The van der Waals surface area contributed by atoms with Gasteiger partial charge in [-0.2, -0.15) is 0 Å². The molecule has 3 aromatic rings. The predicted molar refractivity (Wildman–Crippen MR) is 86.7 cm³/mol. The molecule has 0 saturated carbocycles. The third-order valence-corrected chi connectivity index (χ3v) is 4.81. The largest absolute Gasteiger partial charge is 0.352 e. The van der Waals surface area contributed by atoms with E-state index in [9.17, 15) is 4.39 Å². The standard InChI is InChI=1S/C16H15FN4S/c17-12-3-1-11(2-4-12)7-18-13-8-21(9-13)16-15-14(5-6-22-15)19-10-20-16/h1-6,10,13,18H,7-9H2. The van der Waals surface area contributed by atoms with E-state index in [1.54, 1.807) is 17.7 Å². The van der Waals surface area contributed by atoms with Gasteiger partial charge >= 0.3 is 0 Å². The van der Waals surface area contributed by atoms with Gasteiger partial charge in [0.2, 0.25) is 0 Å². The summed E-state index contributed by atoms with van der Waals surface area (Å²) in [6, 6.07) is 9.10. The highest BCUT2D eigenvalue weighted by Gasteiger charge is 2.28. The van der Waals surface area contributed by atoms with Crippen molar-refractivity contribution in [2.24, 2.45) is 0 Å². The molecule has 3 heterocycles. The van der Waals surface area contributed by atoms with Gasteiger partial charge < -0.3 is 10.2 Å². The molecule has 1 N–H and O–H groups in total. The fourth-order valence-electron chi connectivity index (χ4n) is 2.65. The summed E-state index contributed by atoms with van der Waals surface area (Å²) in [5.41, 5.74) is 2.11. The Labute approximate surface area is 131 Å². The number of nitrogens with zero attached hydrogens (tertiary/aromatic N) is 3. The van der Waals surface area contributed by atoms with Crippen LogP contribution in [0, 0.1) is 5.82 Å². The molecule has 0 amide bonds. The highest BCUT2D eigenvalue weighted by Crippen LogP contribution is 2.30. The van der Waals surface area contributed by atoms with Gasteiger partial charge in [0.25, 0.3) is 0 Å². The third-order valence-electron chi connectivity index (χ3n) is 3.91. The average molecular weight is 314 g/mol. The molecule has 1 fully saturated rings. The van der Waals surface area contributed by atoms with Crippen LogP contribution in [0.2, 0.25) is 0 Å². The summed E-state index contributed by atoms with van der Waals surface area (Å²) in [5.74, 6) is 0.835. The Morgan fingerprint density at radius 1 is 1.18 bits per heavy atom. The number of nitrogens with one attached hydrogen (secondary N) is 1. The summed E-state index contributed by atoms with van der Waals surface area (Å²) in [6.45, 7) is 2.63. The maximum Gasteiger partial charge on any atom is 0.150 e. The van der Waals surface area contributed by atoms with Crippen LogP contribution in [0.3, 0.4) is 0 Å². The van der Waals surface area contributed by atoms with E-state index in [4.69, 9.17) is 0 Å². The van der Waals surface area contributed by atoms with E-state index in [1.807, 2.05) is 23.6 Å². The normalized spacial score (nSPS) is 15.2. The first-order chi connectivity index (χ1) is 10.8. The van der Waals surface area contributed by atoms with E-state index >= 15 is 0 Å². The summed E-state index contributed by atoms with van der Waals surface area (Å²) in [5, 5.41) is 5.54. The molecule has 0 radical (unpaired) electrons. The Morgan fingerprint density at radius 3 is 2.82 bits per heavy atom. The van der Waals surface area contributed by atoms with E-state index < -0.39 is 0 Å². The molecular formula is C16H15FN4S. The molecule has 0 spiro atoms. The fourth-order valence-corrected chi connectivity index (χ4v) is 3.51. The maximum atomic E-state index is 12.9. The quantitative estimate of drug-likeness (QED) is 0.804. The molecule has 0 atom stereocenters. The third kappa shape index (κ3) is 2.55. The van der Waals surface area contributed by atoms with E-state index in [-0.39, 0.29) is 5.82 Å². The lowest BCUT2D eigenvalue weighted by Crippen LogP contribution is -2.58. The summed E-state index contributed by atoms with van der Waals surface area (Å²) in [7, 11) is 0. The van der Waals surface area contributed by atoms with Crippen molar-refractivity contribution in [1.82, 2.24) is 15.3 Å². The monoisotopic (exact) mass is 314 g/mol. The smallest absolute Gasteiger partial charge is 0.150 e. The number of thiophene rings is 1. The van der Waals surface area contributed by atoms with E-state index in [2.05, 4.69) is 20.2 Å². The molecule has 1 aromatic carbocycles. The second kappa shape index (κ2) is 5.62. The van der Waals surface area contributed by atoms with Crippen molar-refractivity contribution in [1.29, 1.82) is 0 Å². The number of rotatable bonds is 4. The van der Waals surface area contributed by atoms with E-state index in [1.165, 1.54) is 12.1 Å². The number of benzene rings is 1. The molecule has 0 bridgehead atoms. The van der Waals surface area contributed by atoms with Gasteiger partial charge in [0.05, 0.1) is 10.2 Å². The Kier molecular flexibility index (Phi) is 3.48. The van der Waals surface area contributed by atoms with Crippen LogP contribution in [0.25, 0.3) is 10.2 Å². The second-order valence-corrected chi connectivity index (χ2v) is 6.36. The number of aromatic nitrogens is 2. The van der Waals surface area contributed by atoms with Gasteiger partial charge in [0.15, 0.2) is 0 Å². The SMILES string of the molecule is Fc1ccc(CNC2CN(c3ncnc4ccsc34)C2)cc1. The topological polar surface area (TPSA) is 41.0 Å². The number of anilines is 1. The summed E-state index contributed by atoms with van der Waals surface area (Å²) < 4.78 is 14.0. The van der Waals surface area contributed by atoms with Gasteiger partial charge in [-0.1, -0.05) is 12.1 Å². The first-order valence-corrected chi connectivity index (χ1v) is 8.08. The maximum absolute atomic E-state index is 12.9. The van der Waals surface area contributed by atoms with Gasteiger partial charge in [-0.25, -0.2) is 14.4 Å². The van der Waals surface area contributed by atoms with Crippen LogP contribution in [0.5, 0.6) is 0 Å². The molecule has 2 aromatic heterocycles. The highest BCUT2D eigenvalue weighted by atomic mass is 32.1. The Bertz CT molecular complexity index is 780. The summed E-state index contributed by atoms with van der Waals surface area (Å²) >= 11 is 1.68. The summed E-state index contributed by atoms with van der Waals surface area (Å²) in [6.07, 6.45) is 1.63. The lowest BCUT2D eigenvalue weighted by atomic mass is 10.1. The number of hydrogen-bond acceptors (Lipinski definition) is 5. The van der Waals surface area contributed by atoms with Crippen molar-refractivity contribution in [2.75, 3.05) is 18.0 Å². The minimum absolute atomic E-state index is 0.192. The molecule has 112 valence electrons. The van der Waals surface area contributed by atoms with Crippen molar-refractivity contribution in [3.8, 4) is 0 Å². The van der Waals surface area contributed by atoms with E-state index in [0.29, 0.717) is 6.04 Å². The minimum atomic E-state index is -0.192. The van der Waals surface area contributed by atoms with Crippen LogP contribution in [-0.4, -0.2) is 29.1 Å².